The summed E-state index contributed by atoms with van der Waals surface area (Å²) in [6.45, 7) is 9.54. The lowest BCUT2D eigenvalue weighted by molar-refractivity contribution is -0.150. The molecule has 166 valence electrons. The van der Waals surface area contributed by atoms with E-state index in [1.807, 2.05) is 24.8 Å². The summed E-state index contributed by atoms with van der Waals surface area (Å²) >= 11 is 0. The number of carbonyl (C=O) groups excluding carboxylic acids is 2. The van der Waals surface area contributed by atoms with Gasteiger partial charge in [-0.05, 0) is 70.5 Å². The molecule has 1 aliphatic carbocycles. The number of morpholine rings is 1. The fraction of sp³-hybridized carbons (Fsp3) is 0.773. The summed E-state index contributed by atoms with van der Waals surface area (Å²) < 4.78 is 7.38. The third-order valence-electron chi connectivity index (χ3n) is 6.54. The zero-order valence-electron chi connectivity index (χ0n) is 18.3. The molecule has 8 nitrogen and oxygen atoms in total. The van der Waals surface area contributed by atoms with E-state index >= 15 is 0 Å². The molecule has 30 heavy (non-hydrogen) atoms. The van der Waals surface area contributed by atoms with E-state index in [-0.39, 0.29) is 31.1 Å². The number of nitrogens with zero attached hydrogens (tertiary/aromatic N) is 4. The van der Waals surface area contributed by atoms with E-state index in [9.17, 15) is 9.59 Å². The van der Waals surface area contributed by atoms with Gasteiger partial charge >= 0.3 is 0 Å². The number of aryl methyl sites for hydroxylation is 2. The second-order valence-corrected chi connectivity index (χ2v) is 9.31. The van der Waals surface area contributed by atoms with Crippen molar-refractivity contribution in [3.05, 3.63) is 17.5 Å². The van der Waals surface area contributed by atoms with Gasteiger partial charge in [0.15, 0.2) is 0 Å². The van der Waals surface area contributed by atoms with Crippen LogP contribution in [-0.4, -0.2) is 83.4 Å². The highest BCUT2D eigenvalue weighted by Crippen LogP contribution is 2.31. The molecule has 4 rings (SSSR count). The Balaban J connectivity index is 1.19. The molecule has 2 aliphatic heterocycles. The minimum absolute atomic E-state index is 0.0700. The van der Waals surface area contributed by atoms with Gasteiger partial charge in [0.1, 0.15) is 13.2 Å². The van der Waals surface area contributed by atoms with E-state index in [0.29, 0.717) is 19.0 Å². The molecule has 2 amide bonds. The summed E-state index contributed by atoms with van der Waals surface area (Å²) in [4.78, 5) is 29.2. The lowest BCUT2D eigenvalue weighted by Crippen LogP contribution is -2.52. The van der Waals surface area contributed by atoms with E-state index in [2.05, 4.69) is 15.3 Å². The third-order valence-corrected chi connectivity index (χ3v) is 6.54. The Labute approximate surface area is 178 Å². The van der Waals surface area contributed by atoms with Gasteiger partial charge in [-0.15, -0.1) is 0 Å². The predicted octanol–water partition coefficient (Wildman–Crippen LogP) is 0.966. The second-order valence-electron chi connectivity index (χ2n) is 9.31. The fourth-order valence-electron chi connectivity index (χ4n) is 4.56. The first-order valence-electron chi connectivity index (χ1n) is 11.4. The summed E-state index contributed by atoms with van der Waals surface area (Å²) in [5.74, 6) is 1.50. The van der Waals surface area contributed by atoms with Gasteiger partial charge in [0, 0.05) is 31.9 Å². The maximum atomic E-state index is 12.3. The van der Waals surface area contributed by atoms with Crippen LogP contribution in [0.1, 0.15) is 37.1 Å². The predicted molar refractivity (Wildman–Crippen MR) is 113 cm³/mol. The van der Waals surface area contributed by atoms with Crippen molar-refractivity contribution >= 4 is 11.8 Å². The van der Waals surface area contributed by atoms with Crippen molar-refractivity contribution in [3.63, 3.8) is 0 Å². The smallest absolute Gasteiger partial charge is 0.248 e. The Morgan fingerprint density at radius 3 is 2.57 bits per heavy atom. The average molecular weight is 418 g/mol. The Morgan fingerprint density at radius 2 is 1.90 bits per heavy atom. The topological polar surface area (TPSA) is 79.7 Å². The van der Waals surface area contributed by atoms with Gasteiger partial charge in [-0.3, -0.25) is 14.3 Å². The SMILES string of the molecule is Cc1cc(C)n(CC(=O)NCC2CN(CC3CCN(CC4CC4)CC3)C(=O)CO2)n1. The van der Waals surface area contributed by atoms with Gasteiger partial charge in [0.2, 0.25) is 11.8 Å². The van der Waals surface area contributed by atoms with Gasteiger partial charge in [-0.2, -0.15) is 5.10 Å². The fourth-order valence-corrected chi connectivity index (χ4v) is 4.56. The van der Waals surface area contributed by atoms with Crippen molar-refractivity contribution in [2.75, 3.05) is 45.9 Å². The molecule has 3 aliphatic rings. The van der Waals surface area contributed by atoms with Crippen LogP contribution in [0.2, 0.25) is 0 Å². The van der Waals surface area contributed by atoms with Crippen LogP contribution in [0, 0.1) is 25.7 Å². The third kappa shape index (κ3) is 5.82. The highest BCUT2D eigenvalue weighted by molar-refractivity contribution is 5.78. The minimum Gasteiger partial charge on any atom is -0.365 e. The maximum Gasteiger partial charge on any atom is 0.248 e. The van der Waals surface area contributed by atoms with Gasteiger partial charge in [0.05, 0.1) is 11.8 Å². The lowest BCUT2D eigenvalue weighted by atomic mass is 9.95. The molecular formula is C22H35N5O3. The minimum atomic E-state index is -0.151. The number of carbonyl (C=O) groups is 2. The largest absolute Gasteiger partial charge is 0.365 e. The van der Waals surface area contributed by atoms with E-state index in [0.717, 1.165) is 36.9 Å². The number of likely N-dealkylation sites (tertiary alicyclic amines) is 1. The highest BCUT2D eigenvalue weighted by atomic mass is 16.5. The number of hydrogen-bond donors (Lipinski definition) is 1. The van der Waals surface area contributed by atoms with E-state index in [4.69, 9.17) is 4.74 Å². The Bertz CT molecular complexity index is 752. The van der Waals surface area contributed by atoms with Crippen molar-refractivity contribution in [3.8, 4) is 0 Å². The number of nitrogens with one attached hydrogen (secondary N) is 1. The second kappa shape index (κ2) is 9.47. The van der Waals surface area contributed by atoms with Crippen LogP contribution in [0.5, 0.6) is 0 Å². The highest BCUT2D eigenvalue weighted by Gasteiger charge is 2.31. The van der Waals surface area contributed by atoms with Crippen molar-refractivity contribution in [2.45, 2.75) is 52.2 Å². The molecule has 0 aromatic carbocycles. The molecule has 0 bridgehead atoms. The zero-order chi connectivity index (χ0) is 21.1. The van der Waals surface area contributed by atoms with Crippen molar-refractivity contribution in [1.29, 1.82) is 0 Å². The average Bonchev–Trinajstić information content (AvgIpc) is 3.47. The van der Waals surface area contributed by atoms with Crippen molar-refractivity contribution in [1.82, 2.24) is 24.9 Å². The molecule has 1 N–H and O–H groups in total. The first-order chi connectivity index (χ1) is 14.5. The quantitative estimate of drug-likeness (QED) is 0.682. The summed E-state index contributed by atoms with van der Waals surface area (Å²) in [6, 6.07) is 1.96. The molecule has 1 aromatic heterocycles. The van der Waals surface area contributed by atoms with Crippen LogP contribution < -0.4 is 5.32 Å². The Kier molecular flexibility index (Phi) is 6.73. The van der Waals surface area contributed by atoms with Crippen LogP contribution in [-0.2, 0) is 20.9 Å². The molecule has 1 aromatic rings. The van der Waals surface area contributed by atoms with Crippen LogP contribution in [0.15, 0.2) is 6.07 Å². The molecule has 0 radical (unpaired) electrons. The standard InChI is InChI=1S/C22H35N5O3/c1-16-9-17(2)27(24-16)14-21(28)23-10-20-13-26(22(29)15-30-20)12-19-5-7-25(8-6-19)11-18-3-4-18/h9,18-20H,3-8,10-15H2,1-2H3,(H,23,28). The van der Waals surface area contributed by atoms with Crippen LogP contribution in [0.25, 0.3) is 0 Å². The van der Waals surface area contributed by atoms with Crippen molar-refractivity contribution < 1.29 is 14.3 Å². The van der Waals surface area contributed by atoms with Crippen LogP contribution in [0.3, 0.4) is 0 Å². The number of piperidine rings is 1. The first-order valence-corrected chi connectivity index (χ1v) is 11.4. The Hall–Kier alpha value is -1.93. The Morgan fingerprint density at radius 1 is 1.17 bits per heavy atom. The maximum absolute atomic E-state index is 12.3. The number of amides is 2. The summed E-state index contributed by atoms with van der Waals surface area (Å²) in [5, 5.41) is 7.26. The number of aromatic nitrogens is 2. The van der Waals surface area contributed by atoms with E-state index in [1.54, 1.807) is 4.68 Å². The molecule has 2 saturated heterocycles. The van der Waals surface area contributed by atoms with Gasteiger partial charge < -0.3 is 19.9 Å². The zero-order valence-corrected chi connectivity index (χ0v) is 18.3. The molecule has 3 fully saturated rings. The molecule has 8 heteroatoms. The van der Waals surface area contributed by atoms with Gasteiger partial charge in [0.25, 0.3) is 0 Å². The molecule has 0 spiro atoms. The molecule has 3 heterocycles. The summed E-state index contributed by atoms with van der Waals surface area (Å²) in [5.41, 5.74) is 1.87. The van der Waals surface area contributed by atoms with Crippen LogP contribution >= 0.6 is 0 Å². The first kappa shape index (κ1) is 21.3. The van der Waals surface area contributed by atoms with Crippen LogP contribution in [0.4, 0.5) is 0 Å². The van der Waals surface area contributed by atoms with Gasteiger partial charge in [-0.25, -0.2) is 0 Å². The van der Waals surface area contributed by atoms with E-state index < -0.39 is 0 Å². The van der Waals surface area contributed by atoms with Crippen molar-refractivity contribution in [2.24, 2.45) is 11.8 Å². The molecule has 1 unspecified atom stereocenters. The number of ether oxygens (including phenoxy) is 1. The van der Waals surface area contributed by atoms with E-state index in [1.165, 1.54) is 32.2 Å². The molecule has 1 saturated carbocycles. The monoisotopic (exact) mass is 417 g/mol. The summed E-state index contributed by atoms with van der Waals surface area (Å²) in [6.07, 6.45) is 4.99. The lowest BCUT2D eigenvalue weighted by Gasteiger charge is -2.38. The number of rotatable bonds is 8. The summed E-state index contributed by atoms with van der Waals surface area (Å²) in [7, 11) is 0. The van der Waals surface area contributed by atoms with Gasteiger partial charge in [-0.1, -0.05) is 0 Å². The number of hydrogen-bond acceptors (Lipinski definition) is 5. The normalized spacial score (nSPS) is 23.7. The molecular weight excluding hydrogens is 382 g/mol. The molecule has 1 atom stereocenters.